The van der Waals surface area contributed by atoms with Gasteiger partial charge in [-0.25, -0.2) is 4.79 Å². The third-order valence-electron chi connectivity index (χ3n) is 4.15. The summed E-state index contributed by atoms with van der Waals surface area (Å²) in [5.41, 5.74) is 2.05. The largest absolute Gasteiger partial charge is 0.480 e. The highest BCUT2D eigenvalue weighted by Crippen LogP contribution is 2.15. The Kier molecular flexibility index (Phi) is 8.15. The number of carboxylic acids is 1. The number of halogens is 1. The zero-order chi connectivity index (χ0) is 21.4. The average Bonchev–Trinajstić information content (AvgIpc) is 2.67. The predicted molar refractivity (Wildman–Crippen MR) is 115 cm³/mol. The fourth-order valence-corrected chi connectivity index (χ4v) is 3.02. The van der Waals surface area contributed by atoms with E-state index in [1.54, 1.807) is 42.5 Å². The Morgan fingerprint density at radius 3 is 2.41 bits per heavy atom. The number of benzene rings is 2. The van der Waals surface area contributed by atoms with Crippen LogP contribution in [0.25, 0.3) is 6.08 Å². The molecule has 6 nitrogen and oxygen atoms in total. The first-order valence-electron chi connectivity index (χ1n) is 9.19. The molecule has 0 saturated carbocycles. The fourth-order valence-electron chi connectivity index (χ4n) is 2.60. The van der Waals surface area contributed by atoms with Gasteiger partial charge in [-0.05, 0) is 49.2 Å². The molecule has 0 radical (unpaired) electrons. The summed E-state index contributed by atoms with van der Waals surface area (Å²) in [6.45, 7) is 3.74. The van der Waals surface area contributed by atoms with Crippen LogP contribution in [0.4, 0.5) is 0 Å². The van der Waals surface area contributed by atoms with E-state index in [1.165, 1.54) is 6.08 Å². The van der Waals surface area contributed by atoms with Gasteiger partial charge in [-0.15, -0.1) is 0 Å². The number of rotatable bonds is 8. The van der Waals surface area contributed by atoms with E-state index in [4.69, 9.17) is 0 Å². The molecule has 2 rings (SSSR count). The van der Waals surface area contributed by atoms with Crippen LogP contribution >= 0.6 is 15.9 Å². The van der Waals surface area contributed by atoms with Crippen LogP contribution in [-0.2, 0) is 9.59 Å². The number of carboxylic acid groups (broad SMARTS) is 1. The monoisotopic (exact) mass is 458 g/mol. The number of aliphatic carboxylic acids is 1. The van der Waals surface area contributed by atoms with E-state index in [1.807, 2.05) is 19.9 Å². The molecular weight excluding hydrogens is 436 g/mol. The number of carbonyl (C=O) groups is 3. The molecule has 29 heavy (non-hydrogen) atoms. The zero-order valence-electron chi connectivity index (χ0n) is 16.2. The van der Waals surface area contributed by atoms with E-state index >= 15 is 0 Å². The van der Waals surface area contributed by atoms with Crippen molar-refractivity contribution in [2.75, 3.05) is 0 Å². The molecule has 0 spiro atoms. The van der Waals surface area contributed by atoms with Crippen LogP contribution in [0.1, 0.15) is 41.3 Å². The van der Waals surface area contributed by atoms with Gasteiger partial charge in [0.1, 0.15) is 11.7 Å². The number of amides is 2. The molecule has 1 atom stereocenters. The molecular formula is C22H23BrN2O4. The molecule has 2 aromatic carbocycles. The fraction of sp³-hybridized carbons (Fsp3) is 0.227. The van der Waals surface area contributed by atoms with Crippen molar-refractivity contribution in [1.82, 2.24) is 10.6 Å². The Morgan fingerprint density at radius 2 is 1.83 bits per heavy atom. The lowest BCUT2D eigenvalue weighted by molar-refractivity contribution is -0.141. The van der Waals surface area contributed by atoms with Crippen molar-refractivity contribution >= 4 is 39.8 Å². The lowest BCUT2D eigenvalue weighted by Gasteiger charge is -2.16. The van der Waals surface area contributed by atoms with Gasteiger partial charge in [0.2, 0.25) is 0 Å². The Bertz CT molecular complexity index is 923. The maximum atomic E-state index is 12.8. The lowest BCUT2D eigenvalue weighted by atomic mass is 10.1. The average molecular weight is 459 g/mol. The van der Waals surface area contributed by atoms with Gasteiger partial charge in [-0.3, -0.25) is 9.59 Å². The molecule has 1 unspecified atom stereocenters. The first kappa shape index (κ1) is 22.4. The smallest absolute Gasteiger partial charge is 0.326 e. The zero-order valence-corrected chi connectivity index (χ0v) is 17.8. The first-order valence-corrected chi connectivity index (χ1v) is 9.98. The van der Waals surface area contributed by atoms with Gasteiger partial charge in [0.25, 0.3) is 11.8 Å². The number of aryl methyl sites for hydroxylation is 1. The summed E-state index contributed by atoms with van der Waals surface area (Å²) in [5, 5.41) is 14.4. The Hall–Kier alpha value is -2.93. The molecule has 0 saturated heterocycles. The molecule has 0 fully saturated rings. The second-order valence-electron chi connectivity index (χ2n) is 6.59. The van der Waals surface area contributed by atoms with Crippen molar-refractivity contribution < 1.29 is 19.5 Å². The topological polar surface area (TPSA) is 95.5 Å². The standard InChI is InChI=1S/C22H23BrN2O4/c1-3-5-18(22(28)29)24-21(27)19(13-15-6-4-7-17(23)12-15)25-20(26)16-10-8-14(2)9-11-16/h4,6-13,18H,3,5H2,1-2H3,(H,24,27)(H,25,26)(H,28,29). The van der Waals surface area contributed by atoms with Crippen LogP contribution in [-0.4, -0.2) is 28.9 Å². The molecule has 0 aliphatic carbocycles. The predicted octanol–water partition coefficient (Wildman–Crippen LogP) is 3.90. The van der Waals surface area contributed by atoms with Crippen molar-refractivity contribution in [3.05, 3.63) is 75.4 Å². The van der Waals surface area contributed by atoms with Crippen molar-refractivity contribution in [2.24, 2.45) is 0 Å². The highest BCUT2D eigenvalue weighted by atomic mass is 79.9. The first-order chi connectivity index (χ1) is 13.8. The summed E-state index contributed by atoms with van der Waals surface area (Å²) < 4.78 is 0.810. The van der Waals surface area contributed by atoms with E-state index in [-0.39, 0.29) is 12.1 Å². The summed E-state index contributed by atoms with van der Waals surface area (Å²) in [4.78, 5) is 36.8. The molecule has 3 N–H and O–H groups in total. The molecule has 0 heterocycles. The molecule has 0 bridgehead atoms. The van der Waals surface area contributed by atoms with Crippen molar-refractivity contribution in [1.29, 1.82) is 0 Å². The van der Waals surface area contributed by atoms with Crippen LogP contribution in [0.5, 0.6) is 0 Å². The lowest BCUT2D eigenvalue weighted by Crippen LogP contribution is -2.44. The van der Waals surface area contributed by atoms with Gasteiger partial charge in [0.15, 0.2) is 0 Å². The Balaban J connectivity index is 2.32. The number of hydrogen-bond donors (Lipinski definition) is 3. The minimum Gasteiger partial charge on any atom is -0.480 e. The summed E-state index contributed by atoms with van der Waals surface area (Å²) in [6.07, 6.45) is 2.39. The highest BCUT2D eigenvalue weighted by molar-refractivity contribution is 9.10. The van der Waals surface area contributed by atoms with E-state index in [2.05, 4.69) is 26.6 Å². The van der Waals surface area contributed by atoms with Gasteiger partial charge in [0.05, 0.1) is 0 Å². The molecule has 7 heteroatoms. The minimum absolute atomic E-state index is 0.0315. The van der Waals surface area contributed by atoms with Crippen LogP contribution in [0, 0.1) is 6.92 Å². The minimum atomic E-state index is -1.12. The third-order valence-corrected chi connectivity index (χ3v) is 4.64. The van der Waals surface area contributed by atoms with Gasteiger partial charge in [-0.1, -0.05) is 59.1 Å². The normalized spacial score (nSPS) is 12.2. The Morgan fingerprint density at radius 1 is 1.14 bits per heavy atom. The SMILES string of the molecule is CCCC(NC(=O)C(=Cc1cccc(Br)c1)NC(=O)c1ccc(C)cc1)C(=O)O. The van der Waals surface area contributed by atoms with Crippen molar-refractivity contribution in [3.63, 3.8) is 0 Å². The van der Waals surface area contributed by atoms with Gasteiger partial charge < -0.3 is 15.7 Å². The van der Waals surface area contributed by atoms with Crippen LogP contribution in [0.2, 0.25) is 0 Å². The van der Waals surface area contributed by atoms with Gasteiger partial charge in [0, 0.05) is 10.0 Å². The van der Waals surface area contributed by atoms with Crippen molar-refractivity contribution in [2.45, 2.75) is 32.7 Å². The maximum Gasteiger partial charge on any atom is 0.326 e. The maximum absolute atomic E-state index is 12.8. The molecule has 152 valence electrons. The molecule has 0 aliphatic heterocycles. The summed E-state index contributed by atoms with van der Waals surface area (Å²) in [5.74, 6) is -2.23. The van der Waals surface area contributed by atoms with Crippen molar-refractivity contribution in [3.8, 4) is 0 Å². The summed E-state index contributed by atoms with van der Waals surface area (Å²) in [7, 11) is 0. The van der Waals surface area contributed by atoms with Crippen LogP contribution in [0.15, 0.2) is 58.7 Å². The highest BCUT2D eigenvalue weighted by Gasteiger charge is 2.22. The molecule has 0 aliphatic rings. The number of hydrogen-bond acceptors (Lipinski definition) is 3. The number of carbonyl (C=O) groups excluding carboxylic acids is 2. The summed E-state index contributed by atoms with van der Waals surface area (Å²) >= 11 is 3.37. The second kappa shape index (κ2) is 10.6. The molecule has 2 amide bonds. The van der Waals surface area contributed by atoms with E-state index in [0.717, 1.165) is 10.0 Å². The van der Waals surface area contributed by atoms with E-state index < -0.39 is 23.8 Å². The molecule has 0 aromatic heterocycles. The van der Waals surface area contributed by atoms with Crippen LogP contribution in [0.3, 0.4) is 0 Å². The summed E-state index contributed by atoms with van der Waals surface area (Å²) in [6, 6.07) is 13.1. The quantitative estimate of drug-likeness (QED) is 0.522. The number of nitrogens with one attached hydrogen (secondary N) is 2. The molecule has 2 aromatic rings. The second-order valence-corrected chi connectivity index (χ2v) is 7.50. The third kappa shape index (κ3) is 6.87. The van der Waals surface area contributed by atoms with E-state index in [9.17, 15) is 19.5 Å². The van der Waals surface area contributed by atoms with Gasteiger partial charge in [-0.2, -0.15) is 0 Å². The van der Waals surface area contributed by atoms with Crippen LogP contribution < -0.4 is 10.6 Å². The van der Waals surface area contributed by atoms with E-state index in [0.29, 0.717) is 17.5 Å². The van der Waals surface area contributed by atoms with Gasteiger partial charge >= 0.3 is 5.97 Å². The Labute approximate surface area is 178 Å².